The number of hydrogen-bond acceptors (Lipinski definition) is 6. The first-order valence-corrected chi connectivity index (χ1v) is 12.5. The molecule has 11 heteroatoms. The van der Waals surface area contributed by atoms with Gasteiger partial charge >= 0.3 is 0 Å². The van der Waals surface area contributed by atoms with E-state index in [1.807, 2.05) is 0 Å². The maximum absolute atomic E-state index is 12.8. The second kappa shape index (κ2) is 12.1. The van der Waals surface area contributed by atoms with E-state index in [4.69, 9.17) is 4.74 Å². The number of nitrogens with zero attached hydrogens (tertiary/aromatic N) is 3. The van der Waals surface area contributed by atoms with Crippen molar-refractivity contribution in [3.8, 4) is 0 Å². The van der Waals surface area contributed by atoms with E-state index in [2.05, 4.69) is 5.32 Å². The van der Waals surface area contributed by atoms with Crippen LogP contribution in [0.25, 0.3) is 0 Å². The van der Waals surface area contributed by atoms with Crippen molar-refractivity contribution in [2.75, 3.05) is 58.4 Å². The maximum Gasteiger partial charge on any atom is 0.243 e. The number of methoxy groups -OCH3 is 1. The van der Waals surface area contributed by atoms with Crippen molar-refractivity contribution >= 4 is 33.4 Å². The molecule has 0 saturated carbocycles. The Morgan fingerprint density at radius 2 is 1.82 bits per heavy atom. The minimum atomic E-state index is -3.59. The highest BCUT2D eigenvalue weighted by Gasteiger charge is 2.37. The minimum Gasteiger partial charge on any atom is -0.385 e. The van der Waals surface area contributed by atoms with Gasteiger partial charge in [0.05, 0.1) is 17.4 Å². The van der Waals surface area contributed by atoms with E-state index >= 15 is 0 Å². The summed E-state index contributed by atoms with van der Waals surface area (Å²) in [4.78, 5) is 40.3. The molecule has 0 aliphatic carbocycles. The summed E-state index contributed by atoms with van der Waals surface area (Å²) in [6, 6.07) is 6.12. The third-order valence-electron chi connectivity index (χ3n) is 5.57. The van der Waals surface area contributed by atoms with Gasteiger partial charge in [-0.3, -0.25) is 14.4 Å². The summed E-state index contributed by atoms with van der Waals surface area (Å²) in [5.74, 6) is -1.33. The molecule has 0 aromatic heterocycles. The molecule has 0 bridgehead atoms. The Kier molecular flexibility index (Phi) is 9.81. The Labute approximate surface area is 195 Å². The van der Waals surface area contributed by atoms with Gasteiger partial charge in [-0.05, 0) is 30.7 Å². The zero-order chi connectivity index (χ0) is 24.6. The van der Waals surface area contributed by atoms with Gasteiger partial charge in [0, 0.05) is 59.1 Å². The molecular formula is C22H34N4O6S. The summed E-state index contributed by atoms with van der Waals surface area (Å²) >= 11 is 0. The van der Waals surface area contributed by atoms with Crippen LogP contribution in [0.2, 0.25) is 0 Å². The number of benzene rings is 1. The summed E-state index contributed by atoms with van der Waals surface area (Å²) < 4.78 is 31.6. The van der Waals surface area contributed by atoms with Gasteiger partial charge in [-0.25, -0.2) is 8.42 Å². The first-order chi connectivity index (χ1) is 15.6. The van der Waals surface area contributed by atoms with Crippen LogP contribution >= 0.6 is 0 Å². The first-order valence-electron chi connectivity index (χ1n) is 11.1. The normalized spacial score (nSPS) is 16.3. The van der Waals surface area contributed by atoms with Crippen molar-refractivity contribution in [3.63, 3.8) is 0 Å². The summed E-state index contributed by atoms with van der Waals surface area (Å²) in [6.07, 6.45) is 0.721. The van der Waals surface area contributed by atoms with E-state index in [1.165, 1.54) is 33.3 Å². The predicted octanol–water partition coefficient (Wildman–Crippen LogP) is 0.681. The fourth-order valence-corrected chi connectivity index (χ4v) is 5.20. The highest BCUT2D eigenvalue weighted by Crippen LogP contribution is 2.28. The van der Waals surface area contributed by atoms with Gasteiger partial charge in [0.1, 0.15) is 0 Å². The average molecular weight is 483 g/mol. The average Bonchev–Trinajstić information content (AvgIpc) is 3.18. The molecular weight excluding hydrogens is 448 g/mol. The molecule has 33 heavy (non-hydrogen) atoms. The van der Waals surface area contributed by atoms with E-state index in [9.17, 15) is 22.8 Å². The molecule has 1 aromatic rings. The number of nitrogens with one attached hydrogen (secondary N) is 1. The van der Waals surface area contributed by atoms with E-state index in [1.54, 1.807) is 33.1 Å². The quantitative estimate of drug-likeness (QED) is 0.438. The molecule has 0 radical (unpaired) electrons. The number of anilines is 1. The lowest BCUT2D eigenvalue weighted by Crippen LogP contribution is -2.42. The Morgan fingerprint density at radius 3 is 2.39 bits per heavy atom. The zero-order valence-corrected chi connectivity index (χ0v) is 20.6. The summed E-state index contributed by atoms with van der Waals surface area (Å²) in [5.41, 5.74) is 0.535. The molecule has 1 fully saturated rings. The summed E-state index contributed by atoms with van der Waals surface area (Å²) in [5, 5.41) is 2.73. The number of sulfonamides is 1. The Balaban J connectivity index is 1.99. The van der Waals surface area contributed by atoms with Crippen LogP contribution in [0.1, 0.15) is 26.7 Å². The highest BCUT2D eigenvalue weighted by atomic mass is 32.2. The molecule has 1 aliphatic heterocycles. The minimum absolute atomic E-state index is 0.0398. The Bertz CT molecular complexity index is 931. The van der Waals surface area contributed by atoms with Gasteiger partial charge in [-0.2, -0.15) is 4.31 Å². The predicted molar refractivity (Wildman–Crippen MR) is 124 cm³/mol. The molecule has 1 atom stereocenters. The molecule has 184 valence electrons. The second-order valence-corrected chi connectivity index (χ2v) is 9.82. The number of carbonyl (C=O) groups is 3. The van der Waals surface area contributed by atoms with Gasteiger partial charge in [-0.1, -0.05) is 13.8 Å². The monoisotopic (exact) mass is 482 g/mol. The van der Waals surface area contributed by atoms with Gasteiger partial charge in [-0.15, -0.1) is 0 Å². The van der Waals surface area contributed by atoms with Crippen molar-refractivity contribution in [1.29, 1.82) is 0 Å². The maximum atomic E-state index is 12.8. The van der Waals surface area contributed by atoms with Crippen LogP contribution < -0.4 is 10.2 Å². The van der Waals surface area contributed by atoms with Crippen LogP contribution in [0, 0.1) is 5.92 Å². The van der Waals surface area contributed by atoms with Crippen LogP contribution in [0.4, 0.5) is 5.69 Å². The van der Waals surface area contributed by atoms with Crippen LogP contribution in [0.3, 0.4) is 0 Å². The van der Waals surface area contributed by atoms with Crippen molar-refractivity contribution < 1.29 is 27.5 Å². The van der Waals surface area contributed by atoms with Crippen LogP contribution in [0.15, 0.2) is 29.2 Å². The van der Waals surface area contributed by atoms with Gasteiger partial charge < -0.3 is 19.9 Å². The molecule has 1 heterocycles. The van der Waals surface area contributed by atoms with Crippen LogP contribution in [0.5, 0.6) is 0 Å². The van der Waals surface area contributed by atoms with E-state index in [0.29, 0.717) is 38.3 Å². The van der Waals surface area contributed by atoms with E-state index < -0.39 is 15.9 Å². The number of ether oxygens (including phenoxy) is 1. The number of amides is 3. The molecule has 10 nitrogen and oxygen atoms in total. The lowest BCUT2D eigenvalue weighted by molar-refractivity contribution is -0.138. The van der Waals surface area contributed by atoms with Crippen molar-refractivity contribution in [2.24, 2.45) is 5.92 Å². The van der Waals surface area contributed by atoms with Crippen molar-refractivity contribution in [1.82, 2.24) is 14.5 Å². The standard InChI is InChI=1S/C22H34N4O6S/c1-5-25(6-2)33(30,31)19-10-8-18(9-11-19)26-15-17(14-21(26)28)22(29)24(3)16-20(27)23-12-7-13-32-4/h8-11,17H,5-7,12-16H2,1-4H3,(H,23,27). The number of likely N-dealkylation sites (N-methyl/N-ethyl adjacent to an activating group) is 1. The number of hydrogen-bond donors (Lipinski definition) is 1. The van der Waals surface area contributed by atoms with Crippen LogP contribution in [-0.2, 0) is 29.1 Å². The largest absolute Gasteiger partial charge is 0.385 e. The van der Waals surface area contributed by atoms with Gasteiger partial charge in [0.25, 0.3) is 0 Å². The smallest absolute Gasteiger partial charge is 0.243 e. The number of rotatable bonds is 12. The molecule has 1 unspecified atom stereocenters. The molecule has 0 spiro atoms. The third kappa shape index (κ3) is 6.75. The number of carbonyl (C=O) groups excluding carboxylic acids is 3. The highest BCUT2D eigenvalue weighted by molar-refractivity contribution is 7.89. The Hall–Kier alpha value is -2.50. The lowest BCUT2D eigenvalue weighted by Gasteiger charge is -2.22. The fourth-order valence-electron chi connectivity index (χ4n) is 3.74. The zero-order valence-electron chi connectivity index (χ0n) is 19.7. The molecule has 2 rings (SSSR count). The third-order valence-corrected chi connectivity index (χ3v) is 7.63. The fraction of sp³-hybridized carbons (Fsp3) is 0.591. The molecule has 3 amide bonds. The molecule has 1 aromatic carbocycles. The molecule has 1 saturated heterocycles. The summed E-state index contributed by atoms with van der Waals surface area (Å²) in [7, 11) is -0.463. The second-order valence-electron chi connectivity index (χ2n) is 7.88. The van der Waals surface area contributed by atoms with Gasteiger partial charge in [0.2, 0.25) is 27.7 Å². The SMILES string of the molecule is CCN(CC)S(=O)(=O)c1ccc(N2CC(C(=O)N(C)CC(=O)NCCCOC)CC2=O)cc1. The van der Waals surface area contributed by atoms with Crippen molar-refractivity contribution in [2.45, 2.75) is 31.6 Å². The van der Waals surface area contributed by atoms with Crippen LogP contribution in [-0.4, -0.2) is 88.8 Å². The van der Waals surface area contributed by atoms with Gasteiger partial charge in [0.15, 0.2) is 0 Å². The molecule has 1 N–H and O–H groups in total. The first kappa shape index (κ1) is 26.7. The van der Waals surface area contributed by atoms with Crippen molar-refractivity contribution in [3.05, 3.63) is 24.3 Å². The van der Waals surface area contributed by atoms with E-state index in [0.717, 1.165) is 0 Å². The molecule has 1 aliphatic rings. The Morgan fingerprint density at radius 1 is 1.18 bits per heavy atom. The lowest BCUT2D eigenvalue weighted by atomic mass is 10.1. The topological polar surface area (TPSA) is 116 Å². The van der Waals surface area contributed by atoms with E-state index in [-0.39, 0.29) is 42.1 Å². The summed E-state index contributed by atoms with van der Waals surface area (Å²) in [6.45, 7) is 5.38.